The van der Waals surface area contributed by atoms with E-state index in [2.05, 4.69) is 5.32 Å². The second-order valence-corrected chi connectivity index (χ2v) is 5.00. The van der Waals surface area contributed by atoms with Crippen molar-refractivity contribution < 1.29 is 19.8 Å². The van der Waals surface area contributed by atoms with Crippen molar-refractivity contribution in [3.8, 4) is 5.75 Å². The number of aliphatic carboxylic acids is 1. The number of carboxylic acids is 1. The zero-order valence-electron chi connectivity index (χ0n) is 10.7. The number of carbonyl (C=O) groups is 2. The highest BCUT2D eigenvalue weighted by atomic mass is 35.5. The summed E-state index contributed by atoms with van der Waals surface area (Å²) in [5.41, 5.74) is 0.0281. The molecule has 0 radical (unpaired) electrons. The lowest BCUT2D eigenvalue weighted by Crippen LogP contribution is -2.35. The first kappa shape index (κ1) is 15.3. The topological polar surface area (TPSA) is 86.6 Å². The summed E-state index contributed by atoms with van der Waals surface area (Å²) in [4.78, 5) is 22.8. The highest BCUT2D eigenvalue weighted by Gasteiger charge is 2.22. The molecule has 3 N–H and O–H groups in total. The molecule has 0 aliphatic rings. The number of nitrogens with one attached hydrogen (secondary N) is 1. The first-order valence-electron chi connectivity index (χ1n) is 5.82. The Morgan fingerprint density at radius 3 is 2.53 bits per heavy atom. The fraction of sp³-hybridized carbons (Fsp3) is 0.385. The highest BCUT2D eigenvalue weighted by Crippen LogP contribution is 2.21. The predicted molar refractivity (Wildman–Crippen MR) is 71.4 cm³/mol. The average molecular weight is 286 g/mol. The van der Waals surface area contributed by atoms with E-state index >= 15 is 0 Å². The van der Waals surface area contributed by atoms with Gasteiger partial charge in [0.1, 0.15) is 5.75 Å². The summed E-state index contributed by atoms with van der Waals surface area (Å²) in [5, 5.41) is 21.4. The highest BCUT2D eigenvalue weighted by molar-refractivity contribution is 6.31. The summed E-state index contributed by atoms with van der Waals surface area (Å²) >= 11 is 5.74. The number of rotatable bonds is 5. The molecular formula is C13H16ClNO4. The minimum Gasteiger partial charge on any atom is -0.507 e. The van der Waals surface area contributed by atoms with Gasteiger partial charge in [0.25, 0.3) is 5.91 Å². The van der Waals surface area contributed by atoms with Crippen molar-refractivity contribution in [1.82, 2.24) is 5.32 Å². The largest absolute Gasteiger partial charge is 0.507 e. The van der Waals surface area contributed by atoms with Gasteiger partial charge in [0.2, 0.25) is 0 Å². The summed E-state index contributed by atoms with van der Waals surface area (Å²) in [6.45, 7) is 3.53. The molecule has 1 rings (SSSR count). The van der Waals surface area contributed by atoms with Gasteiger partial charge >= 0.3 is 5.97 Å². The quantitative estimate of drug-likeness (QED) is 0.773. The number of halogens is 1. The van der Waals surface area contributed by atoms with Gasteiger partial charge in [0.05, 0.1) is 11.5 Å². The fourth-order valence-electron chi connectivity index (χ4n) is 1.60. The van der Waals surface area contributed by atoms with Gasteiger partial charge in [-0.25, -0.2) is 0 Å². The van der Waals surface area contributed by atoms with E-state index in [0.29, 0.717) is 5.02 Å². The number of phenols is 1. The van der Waals surface area contributed by atoms with Gasteiger partial charge in [-0.2, -0.15) is 0 Å². The molecule has 1 amide bonds. The second-order valence-electron chi connectivity index (χ2n) is 4.56. The molecule has 0 heterocycles. The normalized spacial score (nSPS) is 12.2. The Morgan fingerprint density at radius 2 is 2.00 bits per heavy atom. The van der Waals surface area contributed by atoms with E-state index in [1.54, 1.807) is 13.8 Å². The number of carbonyl (C=O) groups excluding carboxylic acids is 1. The Bertz CT molecular complexity index is 488. The molecule has 1 atom stereocenters. The molecule has 0 aromatic heterocycles. The molecule has 0 spiro atoms. The first-order chi connectivity index (χ1) is 8.82. The predicted octanol–water partition coefficient (Wildman–Crippen LogP) is 2.13. The molecule has 0 saturated heterocycles. The van der Waals surface area contributed by atoms with Crippen molar-refractivity contribution in [2.75, 3.05) is 6.54 Å². The molecule has 1 unspecified atom stereocenters. The monoisotopic (exact) mass is 285 g/mol. The van der Waals surface area contributed by atoms with Crippen LogP contribution in [0.4, 0.5) is 0 Å². The van der Waals surface area contributed by atoms with Crippen molar-refractivity contribution in [2.45, 2.75) is 13.8 Å². The van der Waals surface area contributed by atoms with Gasteiger partial charge in [0, 0.05) is 11.6 Å². The van der Waals surface area contributed by atoms with Crippen LogP contribution in [-0.2, 0) is 4.79 Å². The summed E-state index contributed by atoms with van der Waals surface area (Å²) in [5.74, 6) is -2.49. The standard InChI is InChI=1S/C13H16ClNO4/c1-7(2)10(13(18)19)6-15-12(17)9-5-8(14)3-4-11(9)16/h3-5,7,10,16H,6H2,1-2H3,(H,15,17)(H,18,19). The van der Waals surface area contributed by atoms with E-state index in [9.17, 15) is 14.7 Å². The van der Waals surface area contributed by atoms with Gasteiger partial charge < -0.3 is 15.5 Å². The third-order valence-electron chi connectivity index (χ3n) is 2.81. The van der Waals surface area contributed by atoms with Gasteiger partial charge in [0.15, 0.2) is 0 Å². The van der Waals surface area contributed by atoms with Crippen molar-refractivity contribution in [3.63, 3.8) is 0 Å². The van der Waals surface area contributed by atoms with Crippen LogP contribution >= 0.6 is 11.6 Å². The van der Waals surface area contributed by atoms with E-state index in [4.69, 9.17) is 16.7 Å². The molecule has 0 bridgehead atoms. The Balaban J connectivity index is 2.75. The van der Waals surface area contributed by atoms with E-state index in [1.807, 2.05) is 0 Å². The maximum Gasteiger partial charge on any atom is 0.308 e. The third-order valence-corrected chi connectivity index (χ3v) is 3.04. The summed E-state index contributed by atoms with van der Waals surface area (Å²) in [7, 11) is 0. The van der Waals surface area contributed by atoms with Crippen LogP contribution in [0, 0.1) is 11.8 Å². The number of carboxylic acid groups (broad SMARTS) is 1. The molecule has 5 nitrogen and oxygen atoms in total. The van der Waals surface area contributed by atoms with Gasteiger partial charge in [-0.3, -0.25) is 9.59 Å². The lowest BCUT2D eigenvalue weighted by molar-refractivity contribution is -0.142. The Morgan fingerprint density at radius 1 is 1.37 bits per heavy atom. The first-order valence-corrected chi connectivity index (χ1v) is 6.20. The molecule has 0 fully saturated rings. The Labute approximate surface area is 116 Å². The summed E-state index contributed by atoms with van der Waals surface area (Å²) in [6, 6.07) is 4.10. The van der Waals surface area contributed by atoms with E-state index in [0.717, 1.165) is 0 Å². The minimum absolute atomic E-state index is 0.00220. The smallest absolute Gasteiger partial charge is 0.308 e. The third kappa shape index (κ3) is 4.13. The lowest BCUT2D eigenvalue weighted by atomic mass is 9.96. The van der Waals surface area contributed by atoms with Crippen molar-refractivity contribution in [3.05, 3.63) is 28.8 Å². The van der Waals surface area contributed by atoms with Crippen LogP contribution in [0.2, 0.25) is 5.02 Å². The SMILES string of the molecule is CC(C)C(CNC(=O)c1cc(Cl)ccc1O)C(=O)O. The van der Waals surface area contributed by atoms with Gasteiger partial charge in [-0.05, 0) is 24.1 Å². The van der Waals surface area contributed by atoms with E-state index < -0.39 is 17.8 Å². The molecule has 1 aromatic rings. The molecule has 0 aliphatic carbocycles. The van der Waals surface area contributed by atoms with Crippen LogP contribution < -0.4 is 5.32 Å². The fourth-order valence-corrected chi connectivity index (χ4v) is 1.77. The van der Waals surface area contributed by atoms with Gasteiger partial charge in [-0.15, -0.1) is 0 Å². The zero-order chi connectivity index (χ0) is 14.6. The van der Waals surface area contributed by atoms with Crippen LogP contribution in [0.25, 0.3) is 0 Å². The molecule has 104 valence electrons. The number of phenolic OH excluding ortho intramolecular Hbond substituents is 1. The van der Waals surface area contributed by atoms with Crippen LogP contribution in [-0.4, -0.2) is 28.6 Å². The van der Waals surface area contributed by atoms with Gasteiger partial charge in [-0.1, -0.05) is 25.4 Å². The number of amides is 1. The summed E-state index contributed by atoms with van der Waals surface area (Å²) < 4.78 is 0. The average Bonchev–Trinajstić information content (AvgIpc) is 2.31. The summed E-state index contributed by atoms with van der Waals surface area (Å²) in [6.07, 6.45) is 0. The molecule has 19 heavy (non-hydrogen) atoms. The van der Waals surface area contributed by atoms with Crippen molar-refractivity contribution >= 4 is 23.5 Å². The van der Waals surface area contributed by atoms with Crippen LogP contribution in [0.5, 0.6) is 5.75 Å². The second kappa shape index (κ2) is 6.43. The van der Waals surface area contributed by atoms with Crippen LogP contribution in [0.3, 0.4) is 0 Å². The lowest BCUT2D eigenvalue weighted by Gasteiger charge is -2.17. The zero-order valence-corrected chi connectivity index (χ0v) is 11.4. The Hall–Kier alpha value is -1.75. The number of benzene rings is 1. The van der Waals surface area contributed by atoms with Crippen molar-refractivity contribution in [2.24, 2.45) is 11.8 Å². The minimum atomic E-state index is -0.967. The van der Waals surface area contributed by atoms with Crippen LogP contribution in [0.15, 0.2) is 18.2 Å². The van der Waals surface area contributed by atoms with E-state index in [1.165, 1.54) is 18.2 Å². The molecular weight excluding hydrogens is 270 g/mol. The number of hydrogen-bond acceptors (Lipinski definition) is 3. The Kier molecular flexibility index (Phi) is 5.18. The maximum absolute atomic E-state index is 11.8. The molecule has 0 saturated carbocycles. The van der Waals surface area contributed by atoms with Crippen molar-refractivity contribution in [1.29, 1.82) is 0 Å². The van der Waals surface area contributed by atoms with E-state index in [-0.39, 0.29) is 23.8 Å². The number of hydrogen-bond donors (Lipinski definition) is 3. The van der Waals surface area contributed by atoms with Crippen LogP contribution in [0.1, 0.15) is 24.2 Å². The molecule has 1 aromatic carbocycles. The molecule has 0 aliphatic heterocycles. The number of aromatic hydroxyl groups is 1. The molecule has 6 heteroatoms. The maximum atomic E-state index is 11.8.